The van der Waals surface area contributed by atoms with Crippen LogP contribution in [0.4, 0.5) is 4.79 Å². The van der Waals surface area contributed by atoms with Crippen molar-refractivity contribution in [2.75, 3.05) is 13.1 Å². The number of aliphatic hydroxyl groups is 1. The lowest BCUT2D eigenvalue weighted by Crippen LogP contribution is -2.63. The first kappa shape index (κ1) is 17.7. The number of fused-ring (bicyclic) bond motifs is 3. The van der Waals surface area contributed by atoms with Gasteiger partial charge in [-0.1, -0.05) is 24.3 Å². The number of ether oxygens (including phenoxy) is 1. The number of carbonyl (C=O) groups excluding carboxylic acids is 1. The van der Waals surface area contributed by atoms with E-state index >= 15 is 0 Å². The number of nitrogens with zero attached hydrogens (tertiary/aromatic N) is 3. The molecule has 2 aromatic rings. The number of aliphatic hydroxyl groups excluding tert-OH is 1. The van der Waals surface area contributed by atoms with Crippen LogP contribution in [0.5, 0.6) is 0 Å². The Labute approximate surface area is 165 Å². The molecule has 1 saturated heterocycles. The minimum Gasteiger partial charge on any atom is -0.444 e. The summed E-state index contributed by atoms with van der Waals surface area (Å²) in [5, 5.41) is 11.3. The third kappa shape index (κ3) is 2.50. The monoisotopic (exact) mass is 381 g/mol. The van der Waals surface area contributed by atoms with Gasteiger partial charge in [0.2, 0.25) is 0 Å². The summed E-state index contributed by atoms with van der Waals surface area (Å²) in [5.41, 5.74) is 2.89. The van der Waals surface area contributed by atoms with Crippen molar-refractivity contribution in [1.29, 1.82) is 0 Å². The van der Waals surface area contributed by atoms with Crippen LogP contribution >= 0.6 is 0 Å². The second-order valence-corrected chi connectivity index (χ2v) is 9.56. The van der Waals surface area contributed by atoms with Gasteiger partial charge in [0.05, 0.1) is 30.4 Å². The van der Waals surface area contributed by atoms with Gasteiger partial charge >= 0.3 is 6.09 Å². The molecule has 148 valence electrons. The summed E-state index contributed by atoms with van der Waals surface area (Å²) < 4.78 is 7.69. The van der Waals surface area contributed by atoms with Crippen molar-refractivity contribution in [1.82, 2.24) is 14.5 Å². The van der Waals surface area contributed by atoms with E-state index in [1.54, 1.807) is 4.90 Å². The maximum absolute atomic E-state index is 12.3. The fraction of sp³-hybridized carbons (Fsp3) is 0.545. The Balaban J connectivity index is 1.36. The van der Waals surface area contributed by atoms with Gasteiger partial charge in [-0.25, -0.2) is 9.78 Å². The number of rotatable bonds is 1. The van der Waals surface area contributed by atoms with E-state index in [4.69, 9.17) is 4.74 Å². The molecule has 1 N–H and O–H groups in total. The SMILES string of the molecule is CC(C)(C)OC(=O)N1CC2(CCC(C3c4ccccc4-c4cncn43)C2O)C1. The fourth-order valence-corrected chi connectivity index (χ4v) is 5.37. The zero-order valence-electron chi connectivity index (χ0n) is 16.6. The Morgan fingerprint density at radius 1 is 1.29 bits per heavy atom. The molecular formula is C22H27N3O3. The molecule has 6 heteroatoms. The topological polar surface area (TPSA) is 67.6 Å². The second kappa shape index (κ2) is 5.83. The van der Waals surface area contributed by atoms with Crippen LogP contribution in [0.3, 0.4) is 0 Å². The van der Waals surface area contributed by atoms with E-state index in [2.05, 4.69) is 33.8 Å². The number of aromatic nitrogens is 2. The summed E-state index contributed by atoms with van der Waals surface area (Å²) in [6, 6.07) is 8.52. The minimum absolute atomic E-state index is 0.110. The fourth-order valence-electron chi connectivity index (χ4n) is 5.37. The van der Waals surface area contributed by atoms with Gasteiger partial charge in [-0.3, -0.25) is 0 Å². The summed E-state index contributed by atoms with van der Waals surface area (Å²) >= 11 is 0. The van der Waals surface area contributed by atoms with E-state index in [1.165, 1.54) is 11.1 Å². The lowest BCUT2D eigenvalue weighted by atomic mass is 9.74. The quantitative estimate of drug-likeness (QED) is 0.821. The first-order valence-electron chi connectivity index (χ1n) is 10.1. The number of carbonyl (C=O) groups is 1. The molecule has 1 aromatic carbocycles. The van der Waals surface area contributed by atoms with Crippen molar-refractivity contribution in [3.05, 3.63) is 42.4 Å². The van der Waals surface area contributed by atoms with E-state index in [-0.39, 0.29) is 23.5 Å². The molecule has 0 radical (unpaired) electrons. The Bertz CT molecular complexity index is 923. The van der Waals surface area contributed by atoms with Crippen LogP contribution < -0.4 is 0 Å². The molecule has 2 fully saturated rings. The largest absolute Gasteiger partial charge is 0.444 e. The molecular weight excluding hydrogens is 354 g/mol. The van der Waals surface area contributed by atoms with Gasteiger partial charge in [-0.15, -0.1) is 0 Å². The average Bonchev–Trinajstić information content (AvgIpc) is 3.25. The van der Waals surface area contributed by atoms with E-state index in [0.717, 1.165) is 18.5 Å². The van der Waals surface area contributed by atoms with E-state index in [0.29, 0.717) is 13.1 Å². The van der Waals surface area contributed by atoms with Gasteiger partial charge in [0.25, 0.3) is 0 Å². The van der Waals surface area contributed by atoms with Gasteiger partial charge in [0.1, 0.15) is 5.60 Å². The van der Waals surface area contributed by atoms with Gasteiger partial charge in [0.15, 0.2) is 0 Å². The number of hydrogen-bond acceptors (Lipinski definition) is 4. The third-order valence-corrected chi connectivity index (χ3v) is 6.60. The first-order valence-corrected chi connectivity index (χ1v) is 10.1. The van der Waals surface area contributed by atoms with Crippen molar-refractivity contribution >= 4 is 6.09 Å². The molecule has 3 unspecified atom stereocenters. The van der Waals surface area contributed by atoms with Crippen molar-refractivity contribution < 1.29 is 14.6 Å². The van der Waals surface area contributed by atoms with Crippen LogP contribution in [0.1, 0.15) is 45.2 Å². The van der Waals surface area contributed by atoms with Gasteiger partial charge in [-0.2, -0.15) is 0 Å². The van der Waals surface area contributed by atoms with Gasteiger partial charge in [-0.05, 0) is 39.2 Å². The number of amides is 1. The van der Waals surface area contributed by atoms with Crippen LogP contribution in [-0.2, 0) is 4.74 Å². The summed E-state index contributed by atoms with van der Waals surface area (Å²) in [6.07, 6.45) is 4.94. The molecule has 3 atom stereocenters. The van der Waals surface area contributed by atoms with Crippen LogP contribution in [0.25, 0.3) is 11.3 Å². The highest BCUT2D eigenvalue weighted by atomic mass is 16.6. The highest BCUT2D eigenvalue weighted by molar-refractivity contribution is 5.70. The molecule has 3 heterocycles. The lowest BCUT2D eigenvalue weighted by molar-refractivity contribution is -0.0900. The number of hydrogen-bond donors (Lipinski definition) is 1. The van der Waals surface area contributed by atoms with Crippen molar-refractivity contribution in [2.45, 2.75) is 51.4 Å². The summed E-state index contributed by atoms with van der Waals surface area (Å²) in [6.45, 7) is 6.78. The molecule has 1 spiro atoms. The van der Waals surface area contributed by atoms with Crippen LogP contribution in [0.2, 0.25) is 0 Å². The Hall–Kier alpha value is -2.34. The van der Waals surface area contributed by atoms with Crippen LogP contribution in [-0.4, -0.2) is 50.4 Å². The maximum Gasteiger partial charge on any atom is 0.410 e. The third-order valence-electron chi connectivity index (χ3n) is 6.60. The molecule has 0 bridgehead atoms. The summed E-state index contributed by atoms with van der Waals surface area (Å²) in [5.74, 6) is 0.123. The Morgan fingerprint density at radius 3 is 2.79 bits per heavy atom. The number of benzene rings is 1. The highest BCUT2D eigenvalue weighted by Crippen LogP contribution is 2.55. The molecule has 2 aliphatic heterocycles. The minimum atomic E-state index is -0.498. The number of imidazole rings is 1. The maximum atomic E-state index is 12.3. The first-order chi connectivity index (χ1) is 13.3. The molecule has 1 aromatic heterocycles. The van der Waals surface area contributed by atoms with E-state index in [1.807, 2.05) is 33.3 Å². The molecule has 28 heavy (non-hydrogen) atoms. The molecule has 1 saturated carbocycles. The van der Waals surface area contributed by atoms with Gasteiger partial charge < -0.3 is 19.3 Å². The smallest absolute Gasteiger partial charge is 0.410 e. The van der Waals surface area contributed by atoms with Crippen molar-refractivity contribution in [2.24, 2.45) is 11.3 Å². The highest BCUT2D eigenvalue weighted by Gasteiger charge is 2.59. The summed E-state index contributed by atoms with van der Waals surface area (Å²) in [7, 11) is 0. The molecule has 6 nitrogen and oxygen atoms in total. The molecule has 1 amide bonds. The van der Waals surface area contributed by atoms with Crippen molar-refractivity contribution in [3.63, 3.8) is 0 Å². The summed E-state index contributed by atoms with van der Waals surface area (Å²) in [4.78, 5) is 18.4. The molecule has 1 aliphatic carbocycles. The van der Waals surface area contributed by atoms with Crippen LogP contribution in [0, 0.1) is 11.3 Å². The van der Waals surface area contributed by atoms with E-state index < -0.39 is 11.7 Å². The predicted octanol–water partition coefficient (Wildman–Crippen LogP) is 3.46. The Morgan fingerprint density at radius 2 is 2.04 bits per heavy atom. The zero-order chi connectivity index (χ0) is 19.7. The molecule has 5 rings (SSSR count). The van der Waals surface area contributed by atoms with Crippen molar-refractivity contribution in [3.8, 4) is 11.3 Å². The standard InChI is InChI=1S/C22H27N3O3/c1-21(2,3)28-20(27)24-11-22(12-24)9-8-16(19(22)26)18-15-7-5-4-6-14(15)17-10-23-13-25(17)18/h4-7,10,13,16,18-19,26H,8-9,11-12H2,1-3H3. The van der Waals surface area contributed by atoms with Gasteiger partial charge in [0, 0.05) is 30.0 Å². The average molecular weight is 381 g/mol. The van der Waals surface area contributed by atoms with E-state index in [9.17, 15) is 9.90 Å². The second-order valence-electron chi connectivity index (χ2n) is 9.56. The normalized spacial score (nSPS) is 27.4. The predicted molar refractivity (Wildman–Crippen MR) is 105 cm³/mol. The number of likely N-dealkylation sites (tertiary alicyclic amines) is 1. The van der Waals surface area contributed by atoms with Crippen LogP contribution in [0.15, 0.2) is 36.8 Å². The zero-order valence-corrected chi connectivity index (χ0v) is 16.6. The molecule has 3 aliphatic rings. The Kier molecular flexibility index (Phi) is 3.69. The lowest BCUT2D eigenvalue weighted by Gasteiger charge is -2.50.